The number of rotatable bonds is 6. The lowest BCUT2D eigenvalue weighted by atomic mass is 9.99. The quantitative estimate of drug-likeness (QED) is 0.817. The van der Waals surface area contributed by atoms with Crippen molar-refractivity contribution in [3.05, 3.63) is 29.8 Å². The highest BCUT2D eigenvalue weighted by molar-refractivity contribution is 5.68. The van der Waals surface area contributed by atoms with Crippen LogP contribution in [0, 0.1) is 6.92 Å². The Kier molecular flexibility index (Phi) is 6.29. The van der Waals surface area contributed by atoms with Crippen LogP contribution in [-0.4, -0.2) is 62.2 Å². The van der Waals surface area contributed by atoms with Gasteiger partial charge in [0.25, 0.3) is 0 Å². The molecule has 6 heteroatoms. The average molecular weight is 348 g/mol. The van der Waals surface area contributed by atoms with Crippen LogP contribution in [0.4, 0.5) is 5.69 Å². The fourth-order valence-electron chi connectivity index (χ4n) is 3.61. The minimum Gasteiger partial charge on any atom is -0.480 e. The van der Waals surface area contributed by atoms with Crippen molar-refractivity contribution in [2.75, 3.05) is 37.8 Å². The van der Waals surface area contributed by atoms with Crippen molar-refractivity contribution in [1.29, 1.82) is 0 Å². The number of hydrogen-bond donors (Lipinski definition) is 2. The number of carboxylic acids is 1. The number of carbonyl (C=O) groups is 1. The van der Waals surface area contributed by atoms with Crippen molar-refractivity contribution in [3.8, 4) is 0 Å². The number of aryl methyl sites for hydroxylation is 1. The van der Waals surface area contributed by atoms with Crippen LogP contribution in [0.2, 0.25) is 0 Å². The zero-order valence-electron chi connectivity index (χ0n) is 14.8. The van der Waals surface area contributed by atoms with Crippen molar-refractivity contribution in [3.63, 3.8) is 0 Å². The first-order valence-corrected chi connectivity index (χ1v) is 9.10. The molecule has 2 heterocycles. The van der Waals surface area contributed by atoms with Crippen molar-refractivity contribution in [2.45, 2.75) is 44.4 Å². The third-order valence-corrected chi connectivity index (χ3v) is 5.07. The van der Waals surface area contributed by atoms with Crippen LogP contribution in [0.1, 0.15) is 24.8 Å². The van der Waals surface area contributed by atoms with Crippen LogP contribution in [0.5, 0.6) is 0 Å². The molecule has 6 nitrogen and oxygen atoms in total. The van der Waals surface area contributed by atoms with E-state index in [1.54, 1.807) is 0 Å². The fraction of sp³-hybridized carbons (Fsp3) is 0.632. The minimum absolute atomic E-state index is 0.170. The standard InChI is InChI=1S/C19H28N2O4/c1-14-2-4-16(5-3-14)21-9-6-15(7-10-21)20-17-8-11-24-12-18(17)25-13-19(22)23/h2-5,15,17-18,20H,6-13H2,1H3,(H,22,23)/t17-,18-/m0/s1. The van der Waals surface area contributed by atoms with Crippen LogP contribution in [0.3, 0.4) is 0 Å². The van der Waals surface area contributed by atoms with Crippen molar-refractivity contribution in [1.82, 2.24) is 5.32 Å². The summed E-state index contributed by atoms with van der Waals surface area (Å²) in [5, 5.41) is 12.5. The molecule has 25 heavy (non-hydrogen) atoms. The summed E-state index contributed by atoms with van der Waals surface area (Å²) in [6, 6.07) is 9.32. The van der Waals surface area contributed by atoms with Gasteiger partial charge in [-0.3, -0.25) is 0 Å². The molecule has 1 aromatic rings. The maximum absolute atomic E-state index is 10.7. The molecule has 2 saturated heterocycles. The number of aliphatic carboxylic acids is 1. The Labute approximate surface area is 149 Å². The molecule has 2 aliphatic heterocycles. The van der Waals surface area contributed by atoms with E-state index in [9.17, 15) is 4.79 Å². The first-order valence-electron chi connectivity index (χ1n) is 9.10. The van der Waals surface area contributed by atoms with Gasteiger partial charge < -0.3 is 24.8 Å². The Bertz CT molecular complexity index is 555. The predicted octanol–water partition coefficient (Wildman–Crippen LogP) is 1.81. The summed E-state index contributed by atoms with van der Waals surface area (Å²) in [7, 11) is 0. The highest BCUT2D eigenvalue weighted by atomic mass is 16.5. The van der Waals surface area contributed by atoms with Crippen LogP contribution < -0.4 is 10.2 Å². The second kappa shape index (κ2) is 8.65. The molecule has 0 saturated carbocycles. The molecular formula is C19H28N2O4. The normalized spacial score (nSPS) is 25.1. The molecule has 2 N–H and O–H groups in total. The molecule has 2 atom stereocenters. The van der Waals surface area contributed by atoms with Crippen LogP contribution in [0.15, 0.2) is 24.3 Å². The Morgan fingerprint density at radius 2 is 2.00 bits per heavy atom. The molecule has 0 bridgehead atoms. The lowest BCUT2D eigenvalue weighted by Gasteiger charge is -2.39. The zero-order chi connectivity index (χ0) is 17.6. The van der Waals surface area contributed by atoms with E-state index < -0.39 is 5.97 Å². The van der Waals surface area contributed by atoms with Crippen LogP contribution >= 0.6 is 0 Å². The van der Waals surface area contributed by atoms with E-state index in [0.29, 0.717) is 19.3 Å². The summed E-state index contributed by atoms with van der Waals surface area (Å²) >= 11 is 0. The molecule has 0 aliphatic carbocycles. The number of anilines is 1. The van der Waals surface area contributed by atoms with Crippen LogP contribution in [0.25, 0.3) is 0 Å². The van der Waals surface area contributed by atoms with Gasteiger partial charge in [0.05, 0.1) is 12.7 Å². The average Bonchev–Trinajstić information content (AvgIpc) is 2.62. The van der Waals surface area contributed by atoms with Crippen molar-refractivity contribution in [2.24, 2.45) is 0 Å². The lowest BCUT2D eigenvalue weighted by Crippen LogP contribution is -2.54. The smallest absolute Gasteiger partial charge is 0.329 e. The minimum atomic E-state index is -0.935. The molecule has 2 aliphatic rings. The van der Waals surface area contributed by atoms with Gasteiger partial charge >= 0.3 is 5.97 Å². The molecule has 3 rings (SSSR count). The van der Waals surface area contributed by atoms with E-state index in [0.717, 1.165) is 32.4 Å². The summed E-state index contributed by atoms with van der Waals surface area (Å²) in [5.41, 5.74) is 2.57. The number of nitrogens with one attached hydrogen (secondary N) is 1. The van der Waals surface area contributed by atoms with E-state index in [4.69, 9.17) is 14.6 Å². The Hall–Kier alpha value is -1.63. The first-order chi connectivity index (χ1) is 12.1. The highest BCUT2D eigenvalue weighted by Crippen LogP contribution is 2.22. The molecule has 0 aromatic heterocycles. The number of carboxylic acid groups (broad SMARTS) is 1. The van der Waals surface area contributed by atoms with E-state index in [2.05, 4.69) is 41.4 Å². The number of ether oxygens (including phenoxy) is 2. The van der Waals surface area contributed by atoms with Crippen LogP contribution in [-0.2, 0) is 14.3 Å². The molecule has 0 amide bonds. The fourth-order valence-corrected chi connectivity index (χ4v) is 3.61. The third-order valence-electron chi connectivity index (χ3n) is 5.07. The third kappa shape index (κ3) is 5.17. The predicted molar refractivity (Wildman–Crippen MR) is 96.1 cm³/mol. The van der Waals surface area contributed by atoms with Gasteiger partial charge in [0.2, 0.25) is 0 Å². The van der Waals surface area contributed by atoms with Gasteiger partial charge in [-0.25, -0.2) is 4.79 Å². The number of nitrogens with zero attached hydrogens (tertiary/aromatic N) is 1. The van der Waals surface area contributed by atoms with Crippen molar-refractivity contribution < 1.29 is 19.4 Å². The SMILES string of the molecule is Cc1ccc(N2CCC(N[C@H]3CCOC[C@@H]3OCC(=O)O)CC2)cc1. The number of hydrogen-bond acceptors (Lipinski definition) is 5. The Balaban J connectivity index is 1.48. The summed E-state index contributed by atoms with van der Waals surface area (Å²) in [6.07, 6.45) is 2.84. The molecule has 0 unspecified atom stereocenters. The van der Waals surface area contributed by atoms with Gasteiger partial charge in [0, 0.05) is 37.5 Å². The Morgan fingerprint density at radius 3 is 2.68 bits per heavy atom. The van der Waals surface area contributed by atoms with Gasteiger partial charge in [0.1, 0.15) is 6.61 Å². The molecular weight excluding hydrogens is 320 g/mol. The monoisotopic (exact) mass is 348 g/mol. The second-order valence-corrected chi connectivity index (χ2v) is 6.98. The van der Waals surface area contributed by atoms with Gasteiger partial charge in [0.15, 0.2) is 0 Å². The van der Waals surface area contributed by atoms with Gasteiger partial charge in [-0.05, 0) is 38.3 Å². The maximum Gasteiger partial charge on any atom is 0.329 e. The summed E-state index contributed by atoms with van der Waals surface area (Å²) in [4.78, 5) is 13.2. The molecule has 0 spiro atoms. The summed E-state index contributed by atoms with van der Waals surface area (Å²) in [5.74, 6) is -0.935. The summed E-state index contributed by atoms with van der Waals surface area (Å²) < 4.78 is 11.0. The van der Waals surface area contributed by atoms with Crippen molar-refractivity contribution >= 4 is 11.7 Å². The first kappa shape index (κ1) is 18.2. The largest absolute Gasteiger partial charge is 0.480 e. The van der Waals surface area contributed by atoms with E-state index in [-0.39, 0.29) is 18.8 Å². The zero-order valence-corrected chi connectivity index (χ0v) is 14.8. The molecule has 2 fully saturated rings. The Morgan fingerprint density at radius 1 is 1.28 bits per heavy atom. The van der Waals surface area contributed by atoms with Gasteiger partial charge in [-0.15, -0.1) is 0 Å². The summed E-state index contributed by atoms with van der Waals surface area (Å²) in [6.45, 7) is 5.07. The van der Waals surface area contributed by atoms with E-state index in [1.165, 1.54) is 11.3 Å². The lowest BCUT2D eigenvalue weighted by molar-refractivity contribution is -0.148. The van der Waals surface area contributed by atoms with Gasteiger partial charge in [-0.2, -0.15) is 0 Å². The van der Waals surface area contributed by atoms with Gasteiger partial charge in [-0.1, -0.05) is 17.7 Å². The maximum atomic E-state index is 10.7. The second-order valence-electron chi connectivity index (χ2n) is 6.98. The molecule has 1 aromatic carbocycles. The molecule has 0 radical (unpaired) electrons. The topological polar surface area (TPSA) is 71.0 Å². The highest BCUT2D eigenvalue weighted by Gasteiger charge is 2.30. The number of benzene rings is 1. The molecule has 138 valence electrons. The van der Waals surface area contributed by atoms with E-state index in [1.807, 2.05) is 0 Å². The number of piperidine rings is 1. The van der Waals surface area contributed by atoms with E-state index >= 15 is 0 Å².